The van der Waals surface area contributed by atoms with E-state index in [-0.39, 0.29) is 0 Å². The molecule has 2 aromatic heterocycles. The molecule has 0 radical (unpaired) electrons. The van der Waals surface area contributed by atoms with Gasteiger partial charge in [-0.3, -0.25) is 0 Å². The number of fused-ring (bicyclic) bond motifs is 9. The van der Waals surface area contributed by atoms with Crippen molar-refractivity contribution >= 4 is 74.6 Å². The van der Waals surface area contributed by atoms with E-state index < -0.39 is 0 Å². The Labute approximate surface area is 274 Å². The number of thiophene rings is 1. The van der Waals surface area contributed by atoms with Crippen LogP contribution in [0.2, 0.25) is 0 Å². The van der Waals surface area contributed by atoms with Crippen molar-refractivity contribution in [2.45, 2.75) is 0 Å². The first-order valence-electron chi connectivity index (χ1n) is 15.8. The quantitative estimate of drug-likeness (QED) is 0.186. The average molecular weight is 616 g/mol. The lowest BCUT2D eigenvalue weighted by Gasteiger charge is -2.11. The lowest BCUT2D eigenvalue weighted by molar-refractivity contribution is 1.08. The zero-order valence-electron chi connectivity index (χ0n) is 25.2. The molecule has 0 unspecified atom stereocenters. The maximum atomic E-state index is 5.06. The molecule has 0 fully saturated rings. The van der Waals surface area contributed by atoms with Gasteiger partial charge in [-0.1, -0.05) is 121 Å². The van der Waals surface area contributed by atoms with Crippen LogP contribution >= 0.6 is 11.3 Å². The Morgan fingerprint density at radius 2 is 0.915 bits per heavy atom. The first-order valence-corrected chi connectivity index (χ1v) is 16.6. The number of hydrogen-bond donors (Lipinski definition) is 0. The molecule has 0 saturated heterocycles. The summed E-state index contributed by atoms with van der Waals surface area (Å²) in [7, 11) is 0. The molecule has 4 heteroatoms. The van der Waals surface area contributed by atoms with Gasteiger partial charge in [-0.25, -0.2) is 15.0 Å². The Balaban J connectivity index is 1.17. The van der Waals surface area contributed by atoms with Crippen LogP contribution in [-0.2, 0) is 0 Å². The predicted molar refractivity (Wildman–Crippen MR) is 199 cm³/mol. The number of aromatic nitrogens is 3. The van der Waals surface area contributed by atoms with Crippen LogP contribution < -0.4 is 0 Å². The fourth-order valence-corrected chi connectivity index (χ4v) is 8.05. The van der Waals surface area contributed by atoms with Crippen molar-refractivity contribution in [2.75, 3.05) is 0 Å². The second-order valence-electron chi connectivity index (χ2n) is 12.1. The van der Waals surface area contributed by atoms with Gasteiger partial charge in [0.05, 0.1) is 0 Å². The lowest BCUT2D eigenvalue weighted by Crippen LogP contribution is -2.00. The van der Waals surface area contributed by atoms with E-state index in [1.54, 1.807) is 0 Å². The Morgan fingerprint density at radius 3 is 1.72 bits per heavy atom. The van der Waals surface area contributed by atoms with E-state index in [0.29, 0.717) is 17.5 Å². The van der Waals surface area contributed by atoms with Gasteiger partial charge in [-0.2, -0.15) is 0 Å². The molecular formula is C43H25N3S. The summed E-state index contributed by atoms with van der Waals surface area (Å²) in [6.07, 6.45) is 0. The Kier molecular flexibility index (Phi) is 5.74. The molecule has 0 bridgehead atoms. The molecule has 47 heavy (non-hydrogen) atoms. The average Bonchev–Trinajstić information content (AvgIpc) is 3.50. The summed E-state index contributed by atoms with van der Waals surface area (Å²) < 4.78 is 2.64. The smallest absolute Gasteiger partial charge is 0.164 e. The monoisotopic (exact) mass is 615 g/mol. The summed E-state index contributed by atoms with van der Waals surface area (Å²) in [5, 5.41) is 12.4. The fraction of sp³-hybridized carbons (Fsp3) is 0. The molecule has 10 rings (SSSR count). The van der Waals surface area contributed by atoms with Crippen LogP contribution in [0.3, 0.4) is 0 Å². The number of benzene rings is 8. The highest BCUT2D eigenvalue weighted by Gasteiger charge is 2.15. The second-order valence-corrected chi connectivity index (χ2v) is 13.2. The molecule has 3 nitrogen and oxygen atoms in total. The van der Waals surface area contributed by atoms with Gasteiger partial charge in [0, 0.05) is 36.9 Å². The van der Waals surface area contributed by atoms with Gasteiger partial charge in [0.1, 0.15) is 0 Å². The molecule has 8 aromatic carbocycles. The number of nitrogens with zero attached hydrogens (tertiary/aromatic N) is 3. The zero-order chi connectivity index (χ0) is 30.9. The van der Waals surface area contributed by atoms with E-state index in [4.69, 9.17) is 15.0 Å². The minimum Gasteiger partial charge on any atom is -0.208 e. The molecule has 10 aromatic rings. The van der Waals surface area contributed by atoms with E-state index in [1.165, 1.54) is 52.5 Å². The van der Waals surface area contributed by atoms with Crippen molar-refractivity contribution in [3.63, 3.8) is 0 Å². The van der Waals surface area contributed by atoms with Crippen LogP contribution in [0.5, 0.6) is 0 Å². The third-order valence-corrected chi connectivity index (χ3v) is 10.4. The lowest BCUT2D eigenvalue weighted by atomic mass is 9.94. The van der Waals surface area contributed by atoms with Gasteiger partial charge >= 0.3 is 0 Å². The molecular weight excluding hydrogens is 591 g/mol. The van der Waals surface area contributed by atoms with Gasteiger partial charge in [0.25, 0.3) is 0 Å². The van der Waals surface area contributed by atoms with E-state index in [1.807, 2.05) is 29.5 Å². The van der Waals surface area contributed by atoms with Gasteiger partial charge in [-0.05, 0) is 73.4 Å². The van der Waals surface area contributed by atoms with E-state index in [0.717, 1.165) is 27.5 Å². The molecule has 0 saturated carbocycles. The molecule has 0 aliphatic heterocycles. The van der Waals surface area contributed by atoms with Gasteiger partial charge in [0.2, 0.25) is 0 Å². The van der Waals surface area contributed by atoms with Crippen LogP contribution in [0.4, 0.5) is 0 Å². The zero-order valence-corrected chi connectivity index (χ0v) is 26.0. The van der Waals surface area contributed by atoms with Crippen molar-refractivity contribution in [3.8, 4) is 34.2 Å². The van der Waals surface area contributed by atoms with Crippen LogP contribution in [0.15, 0.2) is 152 Å². The Hall–Kier alpha value is -5.97. The Morgan fingerprint density at radius 1 is 0.319 bits per heavy atom. The van der Waals surface area contributed by atoms with Crippen LogP contribution in [0.1, 0.15) is 0 Å². The molecule has 0 aliphatic carbocycles. The minimum atomic E-state index is 0.661. The van der Waals surface area contributed by atoms with Gasteiger partial charge < -0.3 is 0 Å². The molecule has 0 N–H and O–H groups in total. The van der Waals surface area contributed by atoms with Gasteiger partial charge in [0.15, 0.2) is 17.5 Å². The third-order valence-electron chi connectivity index (χ3n) is 9.25. The molecule has 2 heterocycles. The summed E-state index contributed by atoms with van der Waals surface area (Å²) in [4.78, 5) is 15.0. The van der Waals surface area contributed by atoms with Crippen LogP contribution in [-0.4, -0.2) is 15.0 Å². The van der Waals surface area contributed by atoms with E-state index in [9.17, 15) is 0 Å². The summed E-state index contributed by atoms with van der Waals surface area (Å²) >= 11 is 1.87. The maximum Gasteiger partial charge on any atom is 0.164 e. The maximum absolute atomic E-state index is 5.06. The van der Waals surface area contributed by atoms with Gasteiger partial charge in [-0.15, -0.1) is 11.3 Å². The predicted octanol–water partition coefficient (Wildman–Crippen LogP) is 11.9. The minimum absolute atomic E-state index is 0.661. The van der Waals surface area contributed by atoms with Crippen LogP contribution in [0.25, 0.3) is 97.4 Å². The van der Waals surface area contributed by atoms with Crippen molar-refractivity contribution in [2.24, 2.45) is 0 Å². The van der Waals surface area contributed by atoms with E-state index in [2.05, 4.69) is 133 Å². The third kappa shape index (κ3) is 4.30. The van der Waals surface area contributed by atoms with Crippen molar-refractivity contribution in [1.29, 1.82) is 0 Å². The van der Waals surface area contributed by atoms with E-state index >= 15 is 0 Å². The standard InChI is InChI=1S/C43H25N3S/c1-2-9-28(10-3-1)41-44-42(32-19-14-26-8-4-5-11-29(26)22-32)46-43(45-41)33-20-21-34-30(23-33)17-15-27-16-18-31-24-37-35-12-6-7-13-38(35)47-39(37)25-36(31)40(27)34/h1-25H. The summed E-state index contributed by atoms with van der Waals surface area (Å²) in [6, 6.07) is 54.0. The number of rotatable bonds is 3. The topological polar surface area (TPSA) is 38.7 Å². The molecule has 0 atom stereocenters. The summed E-state index contributed by atoms with van der Waals surface area (Å²) in [6.45, 7) is 0. The summed E-state index contributed by atoms with van der Waals surface area (Å²) in [5.41, 5.74) is 2.89. The molecule has 218 valence electrons. The molecule has 0 spiro atoms. The highest BCUT2D eigenvalue weighted by Crippen LogP contribution is 2.40. The highest BCUT2D eigenvalue weighted by molar-refractivity contribution is 7.25. The van der Waals surface area contributed by atoms with Crippen molar-refractivity contribution in [3.05, 3.63) is 152 Å². The number of hydrogen-bond acceptors (Lipinski definition) is 4. The fourth-order valence-electron chi connectivity index (χ4n) is 6.93. The first-order chi connectivity index (χ1) is 23.2. The Bertz CT molecular complexity index is 2850. The first kappa shape index (κ1) is 26.3. The normalized spacial score (nSPS) is 11.8. The second kappa shape index (κ2) is 10.3. The van der Waals surface area contributed by atoms with Crippen molar-refractivity contribution < 1.29 is 0 Å². The van der Waals surface area contributed by atoms with Crippen LogP contribution in [0, 0.1) is 0 Å². The summed E-state index contributed by atoms with van der Waals surface area (Å²) in [5.74, 6) is 1.99. The highest BCUT2D eigenvalue weighted by atomic mass is 32.1. The molecule has 0 amide bonds. The SMILES string of the molecule is c1ccc(-c2nc(-c3ccc4ccccc4c3)nc(-c3ccc4c(ccc5ccc6cc7c(cc6c54)sc4ccccc47)c3)n2)cc1. The largest absolute Gasteiger partial charge is 0.208 e. The van der Waals surface area contributed by atoms with Crippen molar-refractivity contribution in [1.82, 2.24) is 15.0 Å². The molecule has 0 aliphatic rings.